The molecule has 7 heteroatoms. The monoisotopic (exact) mass is 389 g/mol. The highest BCUT2D eigenvalue weighted by Crippen LogP contribution is 2.18. The number of hydrogen-bond donors (Lipinski definition) is 2. The van der Waals surface area contributed by atoms with E-state index < -0.39 is 0 Å². The van der Waals surface area contributed by atoms with Crippen LogP contribution in [0, 0.1) is 6.92 Å². The Morgan fingerprint density at radius 2 is 2.07 bits per heavy atom. The first-order valence-corrected chi connectivity index (χ1v) is 10.2. The number of thiazole rings is 1. The van der Waals surface area contributed by atoms with Crippen molar-refractivity contribution in [1.82, 2.24) is 20.5 Å². The lowest BCUT2D eigenvalue weighted by Gasteiger charge is -2.14. The number of para-hydroxylation sites is 1. The molecule has 2 N–H and O–H groups in total. The maximum Gasteiger partial charge on any atom is 0.191 e. The van der Waals surface area contributed by atoms with Gasteiger partial charge in [-0.3, -0.25) is 0 Å². The summed E-state index contributed by atoms with van der Waals surface area (Å²) in [6, 6.07) is 8.09. The van der Waals surface area contributed by atoms with Crippen LogP contribution >= 0.6 is 11.3 Å². The van der Waals surface area contributed by atoms with Crippen molar-refractivity contribution in [2.45, 2.75) is 26.8 Å². The number of hydrogen-bond acceptors (Lipinski definition) is 5. The largest absolute Gasteiger partial charge is 0.492 e. The number of nitrogens with one attached hydrogen (secondary N) is 2. The summed E-state index contributed by atoms with van der Waals surface area (Å²) < 4.78 is 5.92. The van der Waals surface area contributed by atoms with Crippen LogP contribution in [0.4, 0.5) is 0 Å². The first kappa shape index (κ1) is 21.2. The van der Waals surface area contributed by atoms with Gasteiger partial charge in [-0.05, 0) is 34.0 Å². The van der Waals surface area contributed by atoms with Gasteiger partial charge in [0.15, 0.2) is 5.96 Å². The molecule has 0 aliphatic rings. The number of ether oxygens (including phenoxy) is 1. The van der Waals surface area contributed by atoms with Crippen molar-refractivity contribution >= 4 is 17.3 Å². The first-order chi connectivity index (χ1) is 13.1. The maximum atomic E-state index is 5.92. The van der Waals surface area contributed by atoms with Gasteiger partial charge in [-0.1, -0.05) is 18.2 Å². The Balaban J connectivity index is 1.91. The molecule has 2 aromatic rings. The first-order valence-electron chi connectivity index (χ1n) is 9.37. The molecule has 2 rings (SSSR count). The highest BCUT2D eigenvalue weighted by molar-refractivity contribution is 7.09. The summed E-state index contributed by atoms with van der Waals surface area (Å²) in [7, 11) is 4.09. The van der Waals surface area contributed by atoms with E-state index in [9.17, 15) is 0 Å². The third-order valence-electron chi connectivity index (χ3n) is 3.86. The third-order valence-corrected chi connectivity index (χ3v) is 4.68. The standard InChI is InChI=1S/C20H31N5OS/c1-5-21-20(22-11-10-18-15-27-16(2)24-18)23-14-17-8-6-7-9-19(17)26-13-12-25(3)4/h6-9,15H,5,10-14H2,1-4H3,(H2,21,22,23). The Hall–Kier alpha value is -2.12. The second kappa shape index (κ2) is 11.6. The van der Waals surface area contributed by atoms with Crippen LogP contribution in [0.1, 0.15) is 23.2 Å². The zero-order chi connectivity index (χ0) is 19.5. The Morgan fingerprint density at radius 1 is 1.26 bits per heavy atom. The van der Waals surface area contributed by atoms with E-state index in [4.69, 9.17) is 9.73 Å². The molecular weight excluding hydrogens is 358 g/mol. The van der Waals surface area contributed by atoms with Crippen molar-refractivity contribution in [2.24, 2.45) is 4.99 Å². The summed E-state index contributed by atoms with van der Waals surface area (Å²) >= 11 is 1.69. The third kappa shape index (κ3) is 7.97. The molecule has 1 aromatic heterocycles. The number of aromatic nitrogens is 1. The van der Waals surface area contributed by atoms with E-state index >= 15 is 0 Å². The SMILES string of the molecule is CCNC(=NCc1ccccc1OCCN(C)C)NCCc1csc(C)n1. The minimum atomic E-state index is 0.573. The second-order valence-corrected chi connectivity index (χ2v) is 7.55. The van der Waals surface area contributed by atoms with E-state index in [0.29, 0.717) is 13.2 Å². The summed E-state index contributed by atoms with van der Waals surface area (Å²) in [5.41, 5.74) is 2.21. The molecule has 0 unspecified atom stereocenters. The molecule has 0 aliphatic heterocycles. The van der Waals surface area contributed by atoms with Crippen LogP contribution in [-0.2, 0) is 13.0 Å². The zero-order valence-electron chi connectivity index (χ0n) is 16.8. The number of benzene rings is 1. The van der Waals surface area contributed by atoms with Crippen LogP contribution in [0.25, 0.3) is 0 Å². The molecule has 6 nitrogen and oxygen atoms in total. The van der Waals surface area contributed by atoms with Gasteiger partial charge < -0.3 is 20.3 Å². The van der Waals surface area contributed by atoms with E-state index in [-0.39, 0.29) is 0 Å². The Labute approximate surface area is 166 Å². The quantitative estimate of drug-likeness (QED) is 0.483. The molecular formula is C20H31N5OS. The lowest BCUT2D eigenvalue weighted by atomic mass is 10.2. The zero-order valence-corrected chi connectivity index (χ0v) is 17.6. The predicted octanol–water partition coefficient (Wildman–Crippen LogP) is 2.69. The highest BCUT2D eigenvalue weighted by Gasteiger charge is 2.05. The Bertz CT molecular complexity index is 714. The Morgan fingerprint density at radius 3 is 2.78 bits per heavy atom. The van der Waals surface area contributed by atoms with E-state index in [0.717, 1.165) is 54.0 Å². The van der Waals surface area contributed by atoms with Crippen molar-refractivity contribution in [3.63, 3.8) is 0 Å². The minimum absolute atomic E-state index is 0.573. The summed E-state index contributed by atoms with van der Waals surface area (Å²) in [6.45, 7) is 7.85. The van der Waals surface area contributed by atoms with Crippen molar-refractivity contribution in [3.8, 4) is 5.75 Å². The van der Waals surface area contributed by atoms with E-state index in [1.54, 1.807) is 11.3 Å². The van der Waals surface area contributed by atoms with Crippen LogP contribution in [0.15, 0.2) is 34.6 Å². The molecule has 0 amide bonds. The molecule has 148 valence electrons. The molecule has 0 spiro atoms. The van der Waals surface area contributed by atoms with Crippen LogP contribution in [0.3, 0.4) is 0 Å². The number of aryl methyl sites for hydroxylation is 1. The number of likely N-dealkylation sites (N-methyl/N-ethyl adjacent to an activating group) is 1. The average Bonchev–Trinajstić information content (AvgIpc) is 3.05. The fraction of sp³-hybridized carbons (Fsp3) is 0.500. The fourth-order valence-corrected chi connectivity index (χ4v) is 3.10. The normalized spacial score (nSPS) is 11.7. The van der Waals surface area contributed by atoms with Gasteiger partial charge in [0.2, 0.25) is 0 Å². The van der Waals surface area contributed by atoms with Crippen molar-refractivity contribution in [3.05, 3.63) is 45.9 Å². The number of nitrogens with zero attached hydrogens (tertiary/aromatic N) is 3. The molecule has 0 fully saturated rings. The molecule has 0 radical (unpaired) electrons. The predicted molar refractivity (Wildman–Crippen MR) is 114 cm³/mol. The molecule has 0 bridgehead atoms. The highest BCUT2D eigenvalue weighted by atomic mass is 32.1. The summed E-state index contributed by atoms with van der Waals surface area (Å²) in [6.07, 6.45) is 0.888. The summed E-state index contributed by atoms with van der Waals surface area (Å²) in [4.78, 5) is 11.3. The summed E-state index contributed by atoms with van der Waals surface area (Å²) in [5.74, 6) is 1.71. The van der Waals surface area contributed by atoms with Crippen LogP contribution in [0.5, 0.6) is 5.75 Å². The van der Waals surface area contributed by atoms with Gasteiger partial charge in [-0.2, -0.15) is 0 Å². The van der Waals surface area contributed by atoms with Crippen LogP contribution in [0.2, 0.25) is 0 Å². The van der Waals surface area contributed by atoms with E-state index in [1.807, 2.05) is 39.2 Å². The molecule has 1 aromatic carbocycles. The number of guanidine groups is 1. The van der Waals surface area contributed by atoms with E-state index in [2.05, 4.69) is 38.9 Å². The lowest BCUT2D eigenvalue weighted by molar-refractivity contribution is 0.259. The summed E-state index contributed by atoms with van der Waals surface area (Å²) in [5, 5.41) is 9.90. The minimum Gasteiger partial charge on any atom is -0.492 e. The average molecular weight is 390 g/mol. The van der Waals surface area contributed by atoms with Crippen molar-refractivity contribution in [1.29, 1.82) is 0 Å². The van der Waals surface area contributed by atoms with Gasteiger partial charge in [0.1, 0.15) is 12.4 Å². The van der Waals surface area contributed by atoms with Crippen molar-refractivity contribution in [2.75, 3.05) is 40.3 Å². The fourth-order valence-electron chi connectivity index (χ4n) is 2.45. The number of rotatable bonds is 10. The molecule has 0 saturated heterocycles. The number of aliphatic imine (C=N–C) groups is 1. The topological polar surface area (TPSA) is 61.8 Å². The molecule has 0 aliphatic carbocycles. The van der Waals surface area contributed by atoms with Crippen LogP contribution < -0.4 is 15.4 Å². The Kier molecular flexibility index (Phi) is 9.07. The molecule has 27 heavy (non-hydrogen) atoms. The van der Waals surface area contributed by atoms with Gasteiger partial charge >= 0.3 is 0 Å². The van der Waals surface area contributed by atoms with E-state index in [1.165, 1.54) is 0 Å². The molecule has 1 heterocycles. The molecule has 0 atom stereocenters. The van der Waals surface area contributed by atoms with Crippen LogP contribution in [-0.4, -0.2) is 56.2 Å². The smallest absolute Gasteiger partial charge is 0.191 e. The molecule has 0 saturated carbocycles. The van der Waals surface area contributed by atoms with Gasteiger partial charge in [0.05, 0.1) is 17.2 Å². The van der Waals surface area contributed by atoms with Gasteiger partial charge in [-0.15, -0.1) is 11.3 Å². The van der Waals surface area contributed by atoms with Gasteiger partial charge in [-0.25, -0.2) is 9.98 Å². The lowest BCUT2D eigenvalue weighted by Crippen LogP contribution is -2.38. The van der Waals surface area contributed by atoms with Crippen molar-refractivity contribution < 1.29 is 4.74 Å². The van der Waals surface area contributed by atoms with Gasteiger partial charge in [0.25, 0.3) is 0 Å². The van der Waals surface area contributed by atoms with Gasteiger partial charge in [0, 0.05) is 37.0 Å². The second-order valence-electron chi connectivity index (χ2n) is 6.49. The maximum absolute atomic E-state index is 5.92.